The second kappa shape index (κ2) is 8.76. The number of aldehydes is 1. The van der Waals surface area contributed by atoms with Gasteiger partial charge in [0.05, 0.1) is 13.0 Å². The number of hydrogen-bond donors (Lipinski definition) is 1. The maximum Gasteiger partial charge on any atom is 0.151 e. The van der Waals surface area contributed by atoms with E-state index in [1.165, 1.54) is 8.00 Å². The topological polar surface area (TPSA) is 29.1 Å². The lowest BCUT2D eigenvalue weighted by molar-refractivity contribution is 0.112. The Morgan fingerprint density at radius 3 is 2.58 bits per heavy atom. The van der Waals surface area contributed by atoms with Gasteiger partial charge in [-0.15, -0.1) is 11.3 Å². The lowest BCUT2D eigenvalue weighted by atomic mass is 10.2. The summed E-state index contributed by atoms with van der Waals surface area (Å²) in [6, 6.07) is 9.46. The number of carbonyl (C=O) groups is 1. The largest absolute Gasteiger partial charge is 0.298 e. The maximum absolute atomic E-state index is 10.3. The van der Waals surface area contributed by atoms with Crippen molar-refractivity contribution in [3.05, 3.63) is 50.3 Å². The van der Waals surface area contributed by atoms with Crippen LogP contribution in [0.25, 0.3) is 0 Å². The van der Waals surface area contributed by atoms with E-state index in [9.17, 15) is 4.79 Å². The zero-order valence-electron chi connectivity index (χ0n) is 10.4. The fourth-order valence-corrected chi connectivity index (χ4v) is 3.92. The monoisotopic (exact) mass is 377 g/mol. The molecule has 0 fully saturated rings. The molecule has 0 atom stereocenters. The molecule has 1 aromatic carbocycles. The third-order valence-corrected chi connectivity index (χ3v) is 4.82. The van der Waals surface area contributed by atoms with Crippen LogP contribution in [-0.2, 0) is 0 Å². The van der Waals surface area contributed by atoms with Gasteiger partial charge >= 0.3 is 0 Å². The first-order valence-corrected chi connectivity index (χ1v) is 8.17. The van der Waals surface area contributed by atoms with Gasteiger partial charge in [0.15, 0.2) is 6.29 Å². The second-order valence-electron chi connectivity index (χ2n) is 3.51. The fraction of sp³-hybridized carbons (Fsp3) is 0.154. The van der Waals surface area contributed by atoms with Crippen molar-refractivity contribution in [2.75, 3.05) is 7.05 Å². The lowest BCUT2D eigenvalue weighted by Crippen LogP contribution is -1.87. The molecule has 0 saturated heterocycles. The van der Waals surface area contributed by atoms with Gasteiger partial charge in [0.2, 0.25) is 0 Å². The molecule has 0 aliphatic rings. The van der Waals surface area contributed by atoms with Crippen LogP contribution in [0.3, 0.4) is 0 Å². The normalized spacial score (nSPS) is 9.68. The van der Waals surface area contributed by atoms with Gasteiger partial charge in [-0.05, 0) is 71.7 Å². The molecule has 19 heavy (non-hydrogen) atoms. The standard InChI is InChI=1S/C8H7ClO.C5H6BrNS2/c1-6-2-3-7(5-10)8(9)4-6;1-7-9-5-3-2-4(6)8-5/h2-5H,1H3;2-3,7H,1H3. The van der Waals surface area contributed by atoms with E-state index in [4.69, 9.17) is 11.6 Å². The Kier molecular flexibility index (Phi) is 7.71. The second-order valence-corrected chi connectivity index (χ2v) is 7.69. The van der Waals surface area contributed by atoms with E-state index in [-0.39, 0.29) is 0 Å². The third-order valence-electron chi connectivity index (χ3n) is 2.03. The molecule has 6 heteroatoms. The van der Waals surface area contributed by atoms with Gasteiger partial charge in [-0.1, -0.05) is 17.7 Å². The van der Waals surface area contributed by atoms with Crippen molar-refractivity contribution < 1.29 is 4.79 Å². The van der Waals surface area contributed by atoms with Crippen molar-refractivity contribution >= 4 is 57.1 Å². The molecular formula is C13H13BrClNOS2. The molecule has 102 valence electrons. The van der Waals surface area contributed by atoms with Gasteiger partial charge in [0, 0.05) is 5.56 Å². The first-order chi connectivity index (χ1) is 9.06. The van der Waals surface area contributed by atoms with Crippen molar-refractivity contribution in [2.24, 2.45) is 0 Å². The van der Waals surface area contributed by atoms with Crippen LogP contribution in [0.1, 0.15) is 15.9 Å². The number of benzene rings is 1. The predicted octanol–water partition coefficient (Wildman–Crippen LogP) is 5.20. The average molecular weight is 379 g/mol. The Balaban J connectivity index is 0.000000191. The number of halogens is 2. The molecule has 2 aromatic rings. The molecule has 0 spiro atoms. The van der Waals surface area contributed by atoms with Crippen LogP contribution in [-0.4, -0.2) is 13.3 Å². The van der Waals surface area contributed by atoms with Crippen LogP contribution in [0.4, 0.5) is 0 Å². The molecule has 2 nitrogen and oxygen atoms in total. The van der Waals surface area contributed by atoms with E-state index < -0.39 is 0 Å². The molecule has 0 bridgehead atoms. The average Bonchev–Trinajstić information content (AvgIpc) is 2.76. The summed E-state index contributed by atoms with van der Waals surface area (Å²) in [6.07, 6.45) is 0.752. The first-order valence-electron chi connectivity index (χ1n) is 5.37. The number of aryl methyl sites for hydroxylation is 1. The first kappa shape index (κ1) is 16.7. The number of carbonyl (C=O) groups excluding carboxylic acids is 1. The maximum atomic E-state index is 10.3. The Labute approximate surface area is 134 Å². The van der Waals surface area contributed by atoms with Gasteiger partial charge in [-0.25, -0.2) is 0 Å². The van der Waals surface area contributed by atoms with E-state index in [0.29, 0.717) is 10.6 Å². The highest BCUT2D eigenvalue weighted by Crippen LogP contribution is 2.28. The minimum Gasteiger partial charge on any atom is -0.298 e. The molecular weight excluding hydrogens is 366 g/mol. The smallest absolute Gasteiger partial charge is 0.151 e. The molecule has 0 aliphatic heterocycles. The summed E-state index contributed by atoms with van der Waals surface area (Å²) in [7, 11) is 1.91. The van der Waals surface area contributed by atoms with Crippen LogP contribution < -0.4 is 4.72 Å². The van der Waals surface area contributed by atoms with E-state index >= 15 is 0 Å². The molecule has 1 heterocycles. The Bertz CT molecular complexity index is 545. The molecule has 1 N–H and O–H groups in total. The third kappa shape index (κ3) is 6.10. The van der Waals surface area contributed by atoms with Crippen LogP contribution in [0.2, 0.25) is 5.02 Å². The van der Waals surface area contributed by atoms with Gasteiger partial charge < -0.3 is 0 Å². The summed E-state index contributed by atoms with van der Waals surface area (Å²) in [6.45, 7) is 1.93. The van der Waals surface area contributed by atoms with Crippen LogP contribution in [0, 0.1) is 6.92 Å². The number of nitrogens with one attached hydrogen (secondary N) is 1. The van der Waals surface area contributed by atoms with Gasteiger partial charge in [0.25, 0.3) is 0 Å². The molecule has 1 aromatic heterocycles. The van der Waals surface area contributed by atoms with Crippen molar-refractivity contribution in [1.82, 2.24) is 4.72 Å². The van der Waals surface area contributed by atoms with E-state index in [1.807, 2.05) is 26.1 Å². The van der Waals surface area contributed by atoms with Gasteiger partial charge in [-0.3, -0.25) is 9.52 Å². The van der Waals surface area contributed by atoms with Crippen molar-refractivity contribution in [3.63, 3.8) is 0 Å². The summed E-state index contributed by atoms with van der Waals surface area (Å²) < 4.78 is 5.47. The Morgan fingerprint density at radius 1 is 1.37 bits per heavy atom. The Hall–Kier alpha value is -0.330. The van der Waals surface area contributed by atoms with E-state index in [2.05, 4.69) is 26.7 Å². The minimum absolute atomic E-state index is 0.523. The van der Waals surface area contributed by atoms with Crippen LogP contribution in [0.15, 0.2) is 38.3 Å². The van der Waals surface area contributed by atoms with E-state index in [1.54, 1.807) is 35.4 Å². The summed E-state index contributed by atoms with van der Waals surface area (Å²) in [5, 5.41) is 0.523. The molecule has 2 rings (SSSR count). The highest BCUT2D eigenvalue weighted by Gasteiger charge is 1.96. The van der Waals surface area contributed by atoms with Gasteiger partial charge in [-0.2, -0.15) is 0 Å². The van der Waals surface area contributed by atoms with Crippen LogP contribution >= 0.6 is 50.8 Å². The molecule has 0 radical (unpaired) electrons. The van der Waals surface area contributed by atoms with Crippen LogP contribution in [0.5, 0.6) is 0 Å². The summed E-state index contributed by atoms with van der Waals surface area (Å²) in [5.41, 5.74) is 1.61. The SMILES string of the molecule is CNSc1ccc(Br)s1.Cc1ccc(C=O)c(Cl)c1. The fourth-order valence-electron chi connectivity index (χ4n) is 1.18. The predicted molar refractivity (Wildman–Crippen MR) is 88.5 cm³/mol. The minimum atomic E-state index is 0.523. The quantitative estimate of drug-likeness (QED) is 0.588. The van der Waals surface area contributed by atoms with Crippen molar-refractivity contribution in [3.8, 4) is 0 Å². The summed E-state index contributed by atoms with van der Waals surface area (Å²) in [5.74, 6) is 0. The molecule has 0 amide bonds. The zero-order valence-corrected chi connectivity index (χ0v) is 14.4. The molecule has 0 aliphatic carbocycles. The zero-order chi connectivity index (χ0) is 14.3. The van der Waals surface area contributed by atoms with Crippen molar-refractivity contribution in [2.45, 2.75) is 11.1 Å². The Morgan fingerprint density at radius 2 is 2.11 bits per heavy atom. The van der Waals surface area contributed by atoms with E-state index in [0.717, 1.165) is 11.8 Å². The van der Waals surface area contributed by atoms with Crippen molar-refractivity contribution in [1.29, 1.82) is 0 Å². The van der Waals surface area contributed by atoms with Gasteiger partial charge in [0.1, 0.15) is 0 Å². The highest BCUT2D eigenvalue weighted by atomic mass is 79.9. The molecule has 0 unspecified atom stereocenters. The number of thiophene rings is 1. The highest BCUT2D eigenvalue weighted by molar-refractivity contribution is 9.11. The number of hydrogen-bond acceptors (Lipinski definition) is 4. The summed E-state index contributed by atoms with van der Waals surface area (Å²) >= 11 is 12.4. The molecule has 0 saturated carbocycles. The number of rotatable bonds is 3. The summed E-state index contributed by atoms with van der Waals surface area (Å²) in [4.78, 5) is 10.3. The lowest BCUT2D eigenvalue weighted by Gasteiger charge is -1.95.